The van der Waals surface area contributed by atoms with E-state index >= 15 is 0 Å². The lowest BCUT2D eigenvalue weighted by Crippen LogP contribution is -1.82. The molecule has 1 aromatic heterocycles. The van der Waals surface area contributed by atoms with Gasteiger partial charge in [-0.05, 0) is 17.6 Å². The quantitative estimate of drug-likeness (QED) is 0.769. The van der Waals surface area contributed by atoms with Crippen molar-refractivity contribution < 1.29 is 13.9 Å². The summed E-state index contributed by atoms with van der Waals surface area (Å²) in [5.41, 5.74) is -0.254. The van der Waals surface area contributed by atoms with Gasteiger partial charge in [0.05, 0.1) is 4.70 Å². The Morgan fingerprint density at radius 1 is 1.38 bits per heavy atom. The van der Waals surface area contributed by atoms with Crippen molar-refractivity contribution in [1.82, 2.24) is 4.37 Å². The van der Waals surface area contributed by atoms with Crippen LogP contribution in [0.15, 0.2) is 18.2 Å². The molecule has 2 nitrogen and oxygen atoms in total. The Hall–Kier alpha value is -1.23. The molecule has 0 radical (unpaired) electrons. The van der Waals surface area contributed by atoms with E-state index in [1.165, 1.54) is 18.2 Å². The van der Waals surface area contributed by atoms with E-state index in [0.717, 1.165) is 11.5 Å². The summed E-state index contributed by atoms with van der Waals surface area (Å²) < 4.78 is 28.7. The van der Waals surface area contributed by atoms with Crippen molar-refractivity contribution in [3.05, 3.63) is 23.9 Å². The lowest BCUT2D eigenvalue weighted by atomic mass is 10.2. The molecule has 0 atom stereocenters. The Bertz CT molecular complexity index is 441. The first-order valence-corrected chi connectivity index (χ1v) is 4.33. The zero-order valence-corrected chi connectivity index (χ0v) is 7.18. The van der Waals surface area contributed by atoms with Crippen molar-refractivity contribution in [3.8, 4) is 5.75 Å². The van der Waals surface area contributed by atoms with Crippen LogP contribution in [0.25, 0.3) is 10.1 Å². The Kier molecular flexibility index (Phi) is 1.88. The zero-order valence-electron chi connectivity index (χ0n) is 6.37. The van der Waals surface area contributed by atoms with Crippen LogP contribution in [0.2, 0.25) is 0 Å². The standard InChI is InChI=1S/C8H5F2NOS/c9-8(10)6-4-2-1-3-5(12)7(4)13-11-6/h1-3,8,12H. The van der Waals surface area contributed by atoms with E-state index < -0.39 is 6.43 Å². The molecule has 2 aromatic rings. The second kappa shape index (κ2) is 2.92. The predicted octanol–water partition coefficient (Wildman–Crippen LogP) is 2.94. The molecule has 0 aliphatic heterocycles. The third-order valence-electron chi connectivity index (χ3n) is 1.71. The molecule has 2 rings (SSSR count). The summed E-state index contributed by atoms with van der Waals surface area (Å²) in [4.78, 5) is 0. The molecule has 68 valence electrons. The highest BCUT2D eigenvalue weighted by atomic mass is 32.1. The summed E-state index contributed by atoms with van der Waals surface area (Å²) in [7, 11) is 0. The number of aromatic nitrogens is 1. The first kappa shape index (κ1) is 8.37. The van der Waals surface area contributed by atoms with Crippen molar-refractivity contribution >= 4 is 21.6 Å². The highest BCUT2D eigenvalue weighted by Crippen LogP contribution is 2.34. The van der Waals surface area contributed by atoms with Gasteiger partial charge in [-0.25, -0.2) is 8.78 Å². The number of halogens is 2. The zero-order chi connectivity index (χ0) is 9.42. The van der Waals surface area contributed by atoms with Gasteiger partial charge in [0.15, 0.2) is 0 Å². The van der Waals surface area contributed by atoms with Gasteiger partial charge in [-0.15, -0.1) is 0 Å². The number of nitrogens with zero attached hydrogens (tertiary/aromatic N) is 1. The Balaban J connectivity index is 2.75. The molecule has 0 spiro atoms. The molecule has 13 heavy (non-hydrogen) atoms. The first-order valence-electron chi connectivity index (χ1n) is 3.55. The van der Waals surface area contributed by atoms with Crippen LogP contribution in [0, 0.1) is 0 Å². The normalized spacial score (nSPS) is 11.3. The van der Waals surface area contributed by atoms with Crippen molar-refractivity contribution in [3.63, 3.8) is 0 Å². The van der Waals surface area contributed by atoms with Gasteiger partial charge >= 0.3 is 0 Å². The number of rotatable bonds is 1. The minimum atomic E-state index is -2.59. The van der Waals surface area contributed by atoms with Gasteiger partial charge in [0.2, 0.25) is 0 Å². The van der Waals surface area contributed by atoms with Gasteiger partial charge in [0.25, 0.3) is 6.43 Å². The van der Waals surface area contributed by atoms with Crippen molar-refractivity contribution in [2.24, 2.45) is 0 Å². The molecule has 0 aliphatic rings. The highest BCUT2D eigenvalue weighted by Gasteiger charge is 2.16. The van der Waals surface area contributed by atoms with Gasteiger partial charge in [0.1, 0.15) is 11.4 Å². The van der Waals surface area contributed by atoms with Gasteiger partial charge in [-0.3, -0.25) is 0 Å². The summed E-state index contributed by atoms with van der Waals surface area (Å²) in [6, 6.07) is 4.51. The molecule has 0 unspecified atom stereocenters. The van der Waals surface area contributed by atoms with E-state index in [1.807, 2.05) is 0 Å². The van der Waals surface area contributed by atoms with Crippen LogP contribution < -0.4 is 0 Å². The molecule has 1 heterocycles. The molecule has 0 fully saturated rings. The third-order valence-corrected chi connectivity index (χ3v) is 2.61. The van der Waals surface area contributed by atoms with E-state index in [9.17, 15) is 13.9 Å². The second-order valence-corrected chi connectivity index (χ2v) is 3.30. The number of benzene rings is 1. The molecular weight excluding hydrogens is 196 g/mol. The van der Waals surface area contributed by atoms with Crippen LogP contribution in [0.4, 0.5) is 8.78 Å². The fraction of sp³-hybridized carbons (Fsp3) is 0.125. The molecular formula is C8H5F2NOS. The maximum atomic E-state index is 12.3. The Morgan fingerprint density at radius 3 is 2.85 bits per heavy atom. The minimum Gasteiger partial charge on any atom is -0.506 e. The largest absolute Gasteiger partial charge is 0.506 e. The van der Waals surface area contributed by atoms with Crippen LogP contribution in [0.3, 0.4) is 0 Å². The average Bonchev–Trinajstić information content (AvgIpc) is 2.48. The van der Waals surface area contributed by atoms with E-state index in [0.29, 0.717) is 10.1 Å². The molecule has 0 bridgehead atoms. The number of hydrogen-bond donors (Lipinski definition) is 1. The third kappa shape index (κ3) is 1.25. The summed E-state index contributed by atoms with van der Waals surface area (Å²) in [5.74, 6) is 0.00176. The van der Waals surface area contributed by atoms with Crippen molar-refractivity contribution in [2.75, 3.05) is 0 Å². The van der Waals surface area contributed by atoms with Crippen LogP contribution in [-0.2, 0) is 0 Å². The van der Waals surface area contributed by atoms with Gasteiger partial charge in [0, 0.05) is 5.39 Å². The summed E-state index contributed by atoms with van der Waals surface area (Å²) in [6.07, 6.45) is -2.59. The fourth-order valence-electron chi connectivity index (χ4n) is 1.12. The van der Waals surface area contributed by atoms with Crippen molar-refractivity contribution in [2.45, 2.75) is 6.43 Å². The number of phenols is 1. The Labute approximate surface area is 76.6 Å². The van der Waals surface area contributed by atoms with E-state index in [4.69, 9.17) is 0 Å². The lowest BCUT2D eigenvalue weighted by Gasteiger charge is -1.95. The summed E-state index contributed by atoms with van der Waals surface area (Å²) in [6.45, 7) is 0. The van der Waals surface area contributed by atoms with Crippen LogP contribution in [0.1, 0.15) is 12.1 Å². The Morgan fingerprint density at radius 2 is 2.15 bits per heavy atom. The summed E-state index contributed by atoms with van der Waals surface area (Å²) in [5, 5.41) is 9.63. The second-order valence-electron chi connectivity index (χ2n) is 2.52. The van der Waals surface area contributed by atoms with Crippen LogP contribution in [0.5, 0.6) is 5.75 Å². The van der Waals surface area contributed by atoms with E-state index in [2.05, 4.69) is 4.37 Å². The number of fused-ring (bicyclic) bond motifs is 1. The molecule has 1 aromatic carbocycles. The van der Waals surface area contributed by atoms with Crippen LogP contribution >= 0.6 is 11.5 Å². The highest BCUT2D eigenvalue weighted by molar-refractivity contribution is 7.13. The van der Waals surface area contributed by atoms with Gasteiger partial charge < -0.3 is 5.11 Å². The topological polar surface area (TPSA) is 33.1 Å². The molecule has 5 heteroatoms. The van der Waals surface area contributed by atoms with Crippen molar-refractivity contribution in [1.29, 1.82) is 0 Å². The molecule has 0 aliphatic carbocycles. The number of alkyl halides is 2. The first-order chi connectivity index (χ1) is 6.20. The molecule has 0 amide bonds. The SMILES string of the molecule is Oc1cccc2c(C(F)F)nsc12. The number of aromatic hydroxyl groups is 1. The van der Waals surface area contributed by atoms with Crippen LogP contribution in [-0.4, -0.2) is 9.48 Å². The van der Waals surface area contributed by atoms with E-state index in [-0.39, 0.29) is 11.4 Å². The smallest absolute Gasteiger partial charge is 0.282 e. The fourth-order valence-corrected chi connectivity index (χ4v) is 1.92. The summed E-state index contributed by atoms with van der Waals surface area (Å²) >= 11 is 0.889. The molecule has 0 saturated carbocycles. The monoisotopic (exact) mass is 201 g/mol. The predicted molar refractivity (Wildman–Crippen MR) is 46.2 cm³/mol. The van der Waals surface area contributed by atoms with Gasteiger partial charge in [-0.1, -0.05) is 12.1 Å². The van der Waals surface area contributed by atoms with E-state index in [1.54, 1.807) is 0 Å². The average molecular weight is 201 g/mol. The van der Waals surface area contributed by atoms with Gasteiger partial charge in [-0.2, -0.15) is 4.37 Å². The molecule has 0 saturated heterocycles. The number of hydrogen-bond acceptors (Lipinski definition) is 3. The maximum Gasteiger partial charge on any atom is 0.282 e. The lowest BCUT2D eigenvalue weighted by molar-refractivity contribution is 0.149. The molecule has 1 N–H and O–H groups in total. The number of phenolic OH excluding ortho intramolecular Hbond substituents is 1. The maximum absolute atomic E-state index is 12.3. The minimum absolute atomic E-state index is 0.00176.